The van der Waals surface area contributed by atoms with Crippen LogP contribution in [0.1, 0.15) is 6.42 Å². The average molecular weight is 195 g/mol. The minimum atomic E-state index is -2.41. The maximum absolute atomic E-state index is 10.6. The van der Waals surface area contributed by atoms with Crippen molar-refractivity contribution in [1.82, 2.24) is 0 Å². The van der Waals surface area contributed by atoms with Gasteiger partial charge in [-0.3, -0.25) is 5.41 Å². The fraction of sp³-hybridized carbons (Fsp3) is 0.143. The molecule has 0 unspecified atom stereocenters. The molecule has 0 heterocycles. The van der Waals surface area contributed by atoms with Gasteiger partial charge in [-0.25, -0.2) is 0 Å². The van der Waals surface area contributed by atoms with Gasteiger partial charge in [-0.1, -0.05) is 0 Å². The molecule has 66 valence electrons. The standard InChI is InChI=1S/C7H5N3O2S/c8-4-10-5-1-2-6(9)7(3-5)13(11)12/h1-2,9H,3H2. The minimum absolute atomic E-state index is 0.0268. The highest BCUT2D eigenvalue weighted by Gasteiger charge is 2.14. The molecule has 1 aliphatic rings. The van der Waals surface area contributed by atoms with Crippen LogP contribution in [0.15, 0.2) is 17.1 Å². The number of rotatable bonds is 0. The molecule has 5 nitrogen and oxygen atoms in total. The van der Waals surface area contributed by atoms with E-state index in [2.05, 4.69) is 4.99 Å². The molecular formula is C7H5N3O2S. The second-order valence-corrected chi connectivity index (χ2v) is 3.25. The Morgan fingerprint density at radius 2 is 2.23 bits per heavy atom. The first-order valence-corrected chi connectivity index (χ1v) is 4.40. The molecular weight excluding hydrogens is 190 g/mol. The third-order valence-electron chi connectivity index (χ3n) is 1.48. The SMILES string of the molecule is N#CN=C1C=CC(=N)C(=S(=O)=O)C1. The van der Waals surface area contributed by atoms with Crippen molar-refractivity contribution in [3.8, 4) is 6.19 Å². The Balaban J connectivity index is 3.20. The number of aliphatic imine (C=N–C) groups is 1. The minimum Gasteiger partial charge on any atom is -0.300 e. The lowest BCUT2D eigenvalue weighted by Gasteiger charge is -2.05. The molecule has 0 saturated heterocycles. The number of hydrogen-bond donors (Lipinski definition) is 1. The molecule has 1 rings (SSSR count). The highest BCUT2D eigenvalue weighted by molar-refractivity contribution is 7.75. The zero-order chi connectivity index (χ0) is 9.84. The first-order chi connectivity index (χ1) is 6.15. The van der Waals surface area contributed by atoms with Gasteiger partial charge in [0.05, 0.1) is 11.4 Å². The van der Waals surface area contributed by atoms with Gasteiger partial charge in [-0.2, -0.15) is 18.7 Å². The Bertz CT molecular complexity index is 468. The lowest BCUT2D eigenvalue weighted by Crippen LogP contribution is -2.20. The maximum Gasteiger partial charge on any atom is 0.219 e. The van der Waals surface area contributed by atoms with Crippen molar-refractivity contribution in [3.63, 3.8) is 0 Å². The van der Waals surface area contributed by atoms with Crippen molar-refractivity contribution in [2.24, 2.45) is 4.99 Å². The molecule has 1 N–H and O–H groups in total. The zero-order valence-electron chi connectivity index (χ0n) is 6.48. The van der Waals surface area contributed by atoms with E-state index in [1.165, 1.54) is 12.2 Å². The molecule has 0 atom stereocenters. The molecule has 0 bridgehead atoms. The number of allylic oxidation sites excluding steroid dienone is 2. The maximum atomic E-state index is 10.6. The summed E-state index contributed by atoms with van der Waals surface area (Å²) in [6.07, 6.45) is 4.36. The molecule has 0 amide bonds. The van der Waals surface area contributed by atoms with Gasteiger partial charge in [0.15, 0.2) is 0 Å². The molecule has 0 aliphatic heterocycles. The number of nitrogens with one attached hydrogen (secondary N) is 1. The normalized spacial score (nSPS) is 18.8. The van der Waals surface area contributed by atoms with E-state index in [0.717, 1.165) is 0 Å². The van der Waals surface area contributed by atoms with E-state index >= 15 is 0 Å². The summed E-state index contributed by atoms with van der Waals surface area (Å²) < 4.78 is 21.1. The van der Waals surface area contributed by atoms with Gasteiger partial charge in [0, 0.05) is 6.42 Å². The highest BCUT2D eigenvalue weighted by atomic mass is 32.2. The molecule has 0 saturated carbocycles. The molecule has 1 aliphatic carbocycles. The molecule has 13 heavy (non-hydrogen) atoms. The first-order valence-electron chi connectivity index (χ1n) is 3.33. The van der Waals surface area contributed by atoms with Gasteiger partial charge in [-0.15, -0.1) is 0 Å². The van der Waals surface area contributed by atoms with Crippen LogP contribution in [0.5, 0.6) is 0 Å². The topological polar surface area (TPSA) is 94.1 Å². The first kappa shape index (κ1) is 9.35. The van der Waals surface area contributed by atoms with Gasteiger partial charge >= 0.3 is 0 Å². The quantitative estimate of drug-likeness (QED) is 0.433. The lowest BCUT2D eigenvalue weighted by atomic mass is 10.0. The largest absolute Gasteiger partial charge is 0.300 e. The van der Waals surface area contributed by atoms with Crippen LogP contribution in [0.25, 0.3) is 0 Å². The average Bonchev–Trinajstić information content (AvgIpc) is 2.08. The van der Waals surface area contributed by atoms with Crippen LogP contribution in [0.2, 0.25) is 0 Å². The summed E-state index contributed by atoms with van der Waals surface area (Å²) in [5.41, 5.74) is 0.308. The van der Waals surface area contributed by atoms with E-state index in [1.807, 2.05) is 0 Å². The number of nitriles is 1. The fourth-order valence-corrected chi connectivity index (χ4v) is 1.39. The van der Waals surface area contributed by atoms with Crippen LogP contribution in [-0.4, -0.2) is 24.7 Å². The summed E-state index contributed by atoms with van der Waals surface area (Å²) in [6, 6.07) is 0. The van der Waals surface area contributed by atoms with Crippen molar-refractivity contribution in [2.45, 2.75) is 6.42 Å². The molecule has 0 radical (unpaired) electrons. The van der Waals surface area contributed by atoms with Gasteiger partial charge in [0.25, 0.3) is 0 Å². The molecule has 0 aromatic heterocycles. The number of hydrogen-bond acceptors (Lipinski definition) is 5. The van der Waals surface area contributed by atoms with Crippen molar-refractivity contribution in [1.29, 1.82) is 10.7 Å². The third kappa shape index (κ3) is 2.10. The van der Waals surface area contributed by atoms with Crippen molar-refractivity contribution < 1.29 is 8.42 Å². The van der Waals surface area contributed by atoms with Crippen molar-refractivity contribution in [2.75, 3.05) is 0 Å². The fourth-order valence-electron chi connectivity index (χ4n) is 0.881. The van der Waals surface area contributed by atoms with Crippen LogP contribution < -0.4 is 0 Å². The smallest absolute Gasteiger partial charge is 0.219 e. The summed E-state index contributed by atoms with van der Waals surface area (Å²) in [5.74, 6) is 0. The number of nitrogens with zero attached hydrogens (tertiary/aromatic N) is 2. The Morgan fingerprint density at radius 1 is 1.54 bits per heavy atom. The molecule has 6 heteroatoms. The summed E-state index contributed by atoms with van der Waals surface area (Å²) in [4.78, 5) is 3.36. The van der Waals surface area contributed by atoms with Crippen LogP contribution in [0.4, 0.5) is 0 Å². The predicted molar refractivity (Wildman–Crippen MR) is 48.5 cm³/mol. The van der Waals surface area contributed by atoms with E-state index in [9.17, 15) is 8.42 Å². The Hall–Kier alpha value is -1.74. The van der Waals surface area contributed by atoms with Crippen LogP contribution >= 0.6 is 0 Å². The van der Waals surface area contributed by atoms with E-state index in [0.29, 0.717) is 5.71 Å². The lowest BCUT2D eigenvalue weighted by molar-refractivity contribution is 0.627. The van der Waals surface area contributed by atoms with Gasteiger partial charge in [0.1, 0.15) is 4.86 Å². The second-order valence-electron chi connectivity index (χ2n) is 2.28. The van der Waals surface area contributed by atoms with E-state index in [1.54, 1.807) is 6.19 Å². The molecule has 0 aromatic rings. The van der Waals surface area contributed by atoms with E-state index < -0.39 is 10.3 Å². The monoisotopic (exact) mass is 195 g/mol. The summed E-state index contributed by atoms with van der Waals surface area (Å²) in [7, 11) is -2.41. The Morgan fingerprint density at radius 3 is 2.77 bits per heavy atom. The summed E-state index contributed by atoms with van der Waals surface area (Å²) in [6.45, 7) is 0. The van der Waals surface area contributed by atoms with E-state index in [-0.39, 0.29) is 17.0 Å². The van der Waals surface area contributed by atoms with Gasteiger partial charge < -0.3 is 0 Å². The molecule has 0 spiro atoms. The zero-order valence-corrected chi connectivity index (χ0v) is 7.30. The van der Waals surface area contributed by atoms with Gasteiger partial charge in [-0.05, 0) is 12.2 Å². The predicted octanol–water partition coefficient (Wildman–Crippen LogP) is -0.0603. The van der Waals surface area contributed by atoms with Crippen LogP contribution in [0.3, 0.4) is 0 Å². The Kier molecular flexibility index (Phi) is 2.72. The van der Waals surface area contributed by atoms with Crippen LogP contribution in [0, 0.1) is 16.9 Å². The summed E-state index contributed by atoms with van der Waals surface area (Å²) >= 11 is 0. The molecule has 0 fully saturated rings. The highest BCUT2D eigenvalue weighted by Crippen LogP contribution is 2.02. The van der Waals surface area contributed by atoms with Crippen molar-refractivity contribution >= 4 is 26.6 Å². The van der Waals surface area contributed by atoms with E-state index in [4.69, 9.17) is 10.7 Å². The molecule has 0 aromatic carbocycles. The third-order valence-corrected chi connectivity index (χ3v) is 2.25. The van der Waals surface area contributed by atoms with Crippen LogP contribution in [-0.2, 0) is 10.3 Å². The second kappa shape index (κ2) is 3.78. The summed E-state index contributed by atoms with van der Waals surface area (Å²) in [5, 5.41) is 15.5. The Labute approximate surface area is 76.1 Å². The van der Waals surface area contributed by atoms with Crippen molar-refractivity contribution in [3.05, 3.63) is 12.2 Å². The van der Waals surface area contributed by atoms with Gasteiger partial charge in [0.2, 0.25) is 16.5 Å².